The minimum atomic E-state index is -0.0915. The predicted octanol–water partition coefficient (Wildman–Crippen LogP) is 5.57. The summed E-state index contributed by atoms with van der Waals surface area (Å²) in [6.07, 6.45) is 5.22. The molecule has 0 amide bonds. The molecule has 3 rings (SSSR count). The monoisotopic (exact) mass is 310 g/mol. The molecule has 0 aliphatic heterocycles. The van der Waals surface area contributed by atoms with Crippen LogP contribution in [0.25, 0.3) is 11.0 Å². The fraction of sp³-hybridized carbons (Fsp3) is 0.562. The van der Waals surface area contributed by atoms with E-state index in [-0.39, 0.29) is 5.38 Å². The van der Waals surface area contributed by atoms with Crippen LogP contribution in [0.5, 0.6) is 0 Å². The fourth-order valence-electron chi connectivity index (χ4n) is 3.35. The molecule has 0 N–H and O–H groups in total. The van der Waals surface area contributed by atoms with E-state index < -0.39 is 0 Å². The van der Waals surface area contributed by atoms with E-state index in [1.165, 1.54) is 25.7 Å². The smallest absolute Gasteiger partial charge is 0.127 e. The Hall–Kier alpha value is -0.730. The van der Waals surface area contributed by atoms with Crippen molar-refractivity contribution in [3.05, 3.63) is 29.0 Å². The minimum absolute atomic E-state index is 0.0915. The van der Waals surface area contributed by atoms with Crippen LogP contribution in [-0.4, -0.2) is 9.55 Å². The summed E-state index contributed by atoms with van der Waals surface area (Å²) in [6, 6.07) is 5.88. The highest BCUT2D eigenvalue weighted by molar-refractivity contribution is 6.31. The Bertz CT molecular complexity index is 625. The van der Waals surface area contributed by atoms with Crippen LogP contribution >= 0.6 is 23.2 Å². The molecule has 1 aliphatic rings. The van der Waals surface area contributed by atoms with Crippen molar-refractivity contribution in [3.63, 3.8) is 0 Å². The molecule has 0 radical (unpaired) electrons. The third kappa shape index (κ3) is 2.56. The number of alkyl halides is 1. The molecule has 1 heterocycles. The van der Waals surface area contributed by atoms with Crippen molar-refractivity contribution in [2.24, 2.45) is 5.41 Å². The van der Waals surface area contributed by atoms with Crippen molar-refractivity contribution in [1.29, 1.82) is 0 Å². The predicted molar refractivity (Wildman–Crippen MR) is 85.6 cm³/mol. The minimum Gasteiger partial charge on any atom is -0.326 e. The van der Waals surface area contributed by atoms with Gasteiger partial charge >= 0.3 is 0 Å². The molecule has 1 saturated carbocycles. The molecule has 2 aromatic rings. The molecule has 1 aromatic heterocycles. The maximum atomic E-state index is 6.33. The summed E-state index contributed by atoms with van der Waals surface area (Å²) in [5.41, 5.74) is 2.45. The highest BCUT2D eigenvalue weighted by Crippen LogP contribution is 2.40. The normalized spacial score (nSPS) is 19.6. The van der Waals surface area contributed by atoms with Crippen molar-refractivity contribution in [2.75, 3.05) is 0 Å². The second kappa shape index (κ2) is 5.23. The third-order valence-electron chi connectivity index (χ3n) is 4.45. The van der Waals surface area contributed by atoms with Crippen LogP contribution in [0.4, 0.5) is 0 Å². The summed E-state index contributed by atoms with van der Waals surface area (Å²) in [5.74, 6) is 0.956. The Kier molecular flexibility index (Phi) is 3.72. The lowest BCUT2D eigenvalue weighted by atomic mass is 9.88. The van der Waals surface area contributed by atoms with E-state index in [4.69, 9.17) is 28.2 Å². The van der Waals surface area contributed by atoms with Crippen LogP contribution in [0, 0.1) is 5.41 Å². The fourth-order valence-corrected chi connectivity index (χ4v) is 3.69. The molecule has 2 nitrogen and oxygen atoms in total. The maximum Gasteiger partial charge on any atom is 0.127 e. The molecular weight excluding hydrogens is 291 g/mol. The first-order valence-electron chi connectivity index (χ1n) is 7.28. The van der Waals surface area contributed by atoms with E-state index in [0.717, 1.165) is 28.4 Å². The van der Waals surface area contributed by atoms with Crippen LogP contribution in [0.3, 0.4) is 0 Å². The highest BCUT2D eigenvalue weighted by Gasteiger charge is 2.31. The average Bonchev–Trinajstić information content (AvgIpc) is 2.95. The van der Waals surface area contributed by atoms with E-state index in [9.17, 15) is 0 Å². The van der Waals surface area contributed by atoms with Crippen molar-refractivity contribution >= 4 is 34.2 Å². The van der Waals surface area contributed by atoms with Gasteiger partial charge in [-0.05, 0) is 43.4 Å². The van der Waals surface area contributed by atoms with Gasteiger partial charge in [-0.15, -0.1) is 11.6 Å². The third-order valence-corrected chi connectivity index (χ3v) is 4.88. The zero-order valence-electron chi connectivity index (χ0n) is 12.0. The molecule has 0 bridgehead atoms. The summed E-state index contributed by atoms with van der Waals surface area (Å²) < 4.78 is 2.28. The Morgan fingerprint density at radius 1 is 1.35 bits per heavy atom. The summed E-state index contributed by atoms with van der Waals surface area (Å²) in [5, 5.41) is 0.662. The number of rotatable bonds is 3. The van der Waals surface area contributed by atoms with Crippen molar-refractivity contribution in [2.45, 2.75) is 51.5 Å². The van der Waals surface area contributed by atoms with Crippen molar-refractivity contribution < 1.29 is 0 Å². The summed E-state index contributed by atoms with van der Waals surface area (Å²) in [7, 11) is 0. The zero-order chi connectivity index (χ0) is 14.3. The van der Waals surface area contributed by atoms with Gasteiger partial charge in [0.05, 0.1) is 16.4 Å². The molecule has 1 unspecified atom stereocenters. The van der Waals surface area contributed by atoms with Crippen LogP contribution in [-0.2, 0) is 6.54 Å². The van der Waals surface area contributed by atoms with E-state index in [2.05, 4.69) is 11.5 Å². The van der Waals surface area contributed by atoms with Gasteiger partial charge < -0.3 is 4.57 Å². The Morgan fingerprint density at radius 3 is 2.70 bits per heavy atom. The Labute approximate surface area is 130 Å². The SMILES string of the molecule is CC(Cl)c1nc2ccc(Cl)cc2n1CC1(C)CCCC1. The quantitative estimate of drug-likeness (QED) is 0.678. The van der Waals surface area contributed by atoms with Gasteiger partial charge in [0.1, 0.15) is 5.82 Å². The number of fused-ring (bicyclic) bond motifs is 1. The number of benzene rings is 1. The number of halogens is 2. The topological polar surface area (TPSA) is 17.8 Å². The van der Waals surface area contributed by atoms with Gasteiger partial charge in [0.25, 0.3) is 0 Å². The van der Waals surface area contributed by atoms with Crippen LogP contribution < -0.4 is 0 Å². The largest absolute Gasteiger partial charge is 0.326 e. The van der Waals surface area contributed by atoms with Gasteiger partial charge in [-0.2, -0.15) is 0 Å². The van der Waals surface area contributed by atoms with Gasteiger partial charge in [0, 0.05) is 11.6 Å². The molecule has 1 aromatic carbocycles. The van der Waals surface area contributed by atoms with Gasteiger partial charge in [-0.3, -0.25) is 0 Å². The molecule has 1 atom stereocenters. The standard InChI is InChI=1S/C16H20Cl2N2/c1-11(17)15-19-13-6-5-12(18)9-14(13)20(15)10-16(2)7-3-4-8-16/h5-6,9,11H,3-4,7-8,10H2,1-2H3. The summed E-state index contributed by atoms with van der Waals surface area (Å²) in [4.78, 5) is 4.70. The number of aromatic nitrogens is 2. The first-order chi connectivity index (χ1) is 9.48. The second-order valence-corrected chi connectivity index (χ2v) is 7.41. The van der Waals surface area contributed by atoms with Crippen molar-refractivity contribution in [3.8, 4) is 0 Å². The van der Waals surface area contributed by atoms with Gasteiger partial charge in [-0.25, -0.2) is 4.98 Å². The summed E-state index contributed by atoms with van der Waals surface area (Å²) in [6.45, 7) is 5.34. The molecule has 1 fully saturated rings. The van der Waals surface area contributed by atoms with Crippen LogP contribution in [0.1, 0.15) is 50.7 Å². The average molecular weight is 311 g/mol. The molecule has 0 spiro atoms. The molecule has 0 saturated heterocycles. The molecule has 20 heavy (non-hydrogen) atoms. The summed E-state index contributed by atoms with van der Waals surface area (Å²) >= 11 is 12.5. The second-order valence-electron chi connectivity index (χ2n) is 6.32. The zero-order valence-corrected chi connectivity index (χ0v) is 13.5. The lowest BCUT2D eigenvalue weighted by Gasteiger charge is -2.26. The molecule has 4 heteroatoms. The van der Waals surface area contributed by atoms with E-state index in [1.54, 1.807) is 0 Å². The highest BCUT2D eigenvalue weighted by atomic mass is 35.5. The van der Waals surface area contributed by atoms with E-state index in [1.807, 2.05) is 25.1 Å². The number of hydrogen-bond acceptors (Lipinski definition) is 1. The maximum absolute atomic E-state index is 6.33. The molecule has 1 aliphatic carbocycles. The van der Waals surface area contributed by atoms with Gasteiger partial charge in [-0.1, -0.05) is 31.4 Å². The Morgan fingerprint density at radius 2 is 2.05 bits per heavy atom. The first-order valence-corrected chi connectivity index (χ1v) is 8.10. The number of nitrogens with zero attached hydrogens (tertiary/aromatic N) is 2. The van der Waals surface area contributed by atoms with Crippen LogP contribution in [0.15, 0.2) is 18.2 Å². The Balaban J connectivity index is 2.10. The van der Waals surface area contributed by atoms with Crippen LogP contribution in [0.2, 0.25) is 5.02 Å². The van der Waals surface area contributed by atoms with E-state index >= 15 is 0 Å². The van der Waals surface area contributed by atoms with Gasteiger partial charge in [0.2, 0.25) is 0 Å². The molecule has 108 valence electrons. The molecular formula is C16H20Cl2N2. The number of imidazole rings is 1. The van der Waals surface area contributed by atoms with Gasteiger partial charge in [0.15, 0.2) is 0 Å². The lowest BCUT2D eigenvalue weighted by Crippen LogP contribution is -2.21. The first kappa shape index (κ1) is 14.2. The van der Waals surface area contributed by atoms with E-state index in [0.29, 0.717) is 5.41 Å². The number of hydrogen-bond donors (Lipinski definition) is 0. The lowest BCUT2D eigenvalue weighted by molar-refractivity contribution is 0.281. The van der Waals surface area contributed by atoms with Crippen molar-refractivity contribution in [1.82, 2.24) is 9.55 Å².